The molecule has 1 fully saturated rings. The summed E-state index contributed by atoms with van der Waals surface area (Å²) in [5, 5.41) is 18.2. The van der Waals surface area contributed by atoms with Crippen molar-refractivity contribution in [2.75, 3.05) is 4.43 Å². The van der Waals surface area contributed by atoms with Crippen LogP contribution in [0, 0.1) is 17.2 Å². The lowest BCUT2D eigenvalue weighted by molar-refractivity contribution is -0.000631. The highest BCUT2D eigenvalue weighted by Crippen LogP contribution is 2.27. The van der Waals surface area contributed by atoms with Gasteiger partial charge < -0.3 is 9.84 Å². The molecule has 0 aromatic carbocycles. The summed E-state index contributed by atoms with van der Waals surface area (Å²) in [6, 6.07) is 2.11. The SMILES string of the molecule is CC(O)C(C#N)C1CC[C@H](CI)O1. The molecule has 3 nitrogen and oxygen atoms in total. The normalized spacial score (nSPS) is 32.5. The Morgan fingerprint density at radius 1 is 1.69 bits per heavy atom. The van der Waals surface area contributed by atoms with Crippen molar-refractivity contribution in [2.45, 2.75) is 38.1 Å². The minimum absolute atomic E-state index is 0.0650. The van der Waals surface area contributed by atoms with Gasteiger partial charge in [-0.2, -0.15) is 5.26 Å². The van der Waals surface area contributed by atoms with Crippen LogP contribution in [0.2, 0.25) is 0 Å². The summed E-state index contributed by atoms with van der Waals surface area (Å²) in [6.45, 7) is 1.65. The van der Waals surface area contributed by atoms with Crippen LogP contribution in [0.25, 0.3) is 0 Å². The Hall–Kier alpha value is 0.140. The lowest BCUT2D eigenvalue weighted by Crippen LogP contribution is -2.29. The van der Waals surface area contributed by atoms with E-state index in [-0.39, 0.29) is 18.1 Å². The van der Waals surface area contributed by atoms with Crippen molar-refractivity contribution in [3.8, 4) is 6.07 Å². The molecule has 0 aromatic heterocycles. The summed E-state index contributed by atoms with van der Waals surface area (Å²) in [5.74, 6) is -0.368. The van der Waals surface area contributed by atoms with Crippen LogP contribution < -0.4 is 0 Å². The van der Waals surface area contributed by atoms with Crippen LogP contribution in [0.4, 0.5) is 0 Å². The van der Waals surface area contributed by atoms with Gasteiger partial charge in [-0.15, -0.1) is 0 Å². The number of rotatable bonds is 3. The lowest BCUT2D eigenvalue weighted by Gasteiger charge is -2.19. The van der Waals surface area contributed by atoms with Crippen LogP contribution in [0.5, 0.6) is 0 Å². The fraction of sp³-hybridized carbons (Fsp3) is 0.889. The number of halogens is 1. The third-order valence-corrected chi connectivity index (χ3v) is 3.36. The Morgan fingerprint density at radius 3 is 2.77 bits per heavy atom. The maximum absolute atomic E-state index is 9.33. The summed E-state index contributed by atoms with van der Waals surface area (Å²) in [4.78, 5) is 0. The second kappa shape index (κ2) is 5.13. The number of ether oxygens (including phenoxy) is 1. The zero-order valence-corrected chi connectivity index (χ0v) is 9.77. The fourth-order valence-electron chi connectivity index (χ4n) is 1.61. The number of nitrogens with zero attached hydrogens (tertiary/aromatic N) is 1. The zero-order valence-electron chi connectivity index (χ0n) is 7.61. The minimum Gasteiger partial charge on any atom is -0.392 e. The molecule has 0 aliphatic carbocycles. The molecule has 0 aromatic rings. The first-order valence-electron chi connectivity index (χ1n) is 4.48. The van der Waals surface area contributed by atoms with Gasteiger partial charge >= 0.3 is 0 Å². The average Bonchev–Trinajstić information content (AvgIpc) is 2.53. The quantitative estimate of drug-likeness (QED) is 0.634. The molecule has 13 heavy (non-hydrogen) atoms. The number of aliphatic hydroxyl groups excluding tert-OH is 1. The maximum atomic E-state index is 9.33. The largest absolute Gasteiger partial charge is 0.392 e. The van der Waals surface area contributed by atoms with Gasteiger partial charge in [-0.1, -0.05) is 22.6 Å². The first kappa shape index (κ1) is 11.2. The number of hydrogen-bond acceptors (Lipinski definition) is 3. The third-order valence-electron chi connectivity index (χ3n) is 2.38. The molecule has 1 saturated heterocycles. The summed E-state index contributed by atoms with van der Waals surface area (Å²) in [6.07, 6.45) is 1.53. The standard InChI is InChI=1S/C9H14INO2/c1-6(12)8(5-11)9-3-2-7(4-10)13-9/h6-9,12H,2-4H2,1H3/t6?,7-,8?,9?/m1/s1. The highest BCUT2D eigenvalue weighted by Gasteiger charge is 2.33. The van der Waals surface area contributed by atoms with Crippen molar-refractivity contribution in [3.63, 3.8) is 0 Å². The molecule has 3 unspecified atom stereocenters. The van der Waals surface area contributed by atoms with Gasteiger partial charge in [0.15, 0.2) is 0 Å². The van der Waals surface area contributed by atoms with E-state index in [1.54, 1.807) is 6.92 Å². The van der Waals surface area contributed by atoms with Gasteiger partial charge in [0.2, 0.25) is 0 Å². The van der Waals surface area contributed by atoms with Crippen LogP contribution in [-0.4, -0.2) is 27.8 Å². The van der Waals surface area contributed by atoms with Crippen molar-refractivity contribution in [3.05, 3.63) is 0 Å². The van der Waals surface area contributed by atoms with E-state index in [0.29, 0.717) is 0 Å². The van der Waals surface area contributed by atoms with E-state index in [1.807, 2.05) is 0 Å². The molecule has 4 atom stereocenters. The smallest absolute Gasteiger partial charge is 0.0981 e. The molecular weight excluding hydrogens is 281 g/mol. The van der Waals surface area contributed by atoms with Crippen molar-refractivity contribution >= 4 is 22.6 Å². The Morgan fingerprint density at radius 2 is 2.38 bits per heavy atom. The van der Waals surface area contributed by atoms with Gasteiger partial charge in [0.1, 0.15) is 0 Å². The predicted octanol–water partition coefficient (Wildman–Crippen LogP) is 1.49. The minimum atomic E-state index is -0.594. The predicted molar refractivity (Wildman–Crippen MR) is 57.6 cm³/mol. The number of aliphatic hydroxyl groups is 1. The monoisotopic (exact) mass is 295 g/mol. The van der Waals surface area contributed by atoms with E-state index >= 15 is 0 Å². The second-order valence-electron chi connectivity index (χ2n) is 3.42. The zero-order chi connectivity index (χ0) is 9.84. The number of hydrogen-bond donors (Lipinski definition) is 1. The van der Waals surface area contributed by atoms with E-state index < -0.39 is 6.10 Å². The van der Waals surface area contributed by atoms with Gasteiger partial charge in [0.25, 0.3) is 0 Å². The number of alkyl halides is 1. The molecule has 0 radical (unpaired) electrons. The molecule has 0 saturated carbocycles. The summed E-state index contributed by atoms with van der Waals surface area (Å²) >= 11 is 2.28. The van der Waals surface area contributed by atoms with E-state index in [2.05, 4.69) is 28.7 Å². The van der Waals surface area contributed by atoms with E-state index in [9.17, 15) is 5.11 Å². The second-order valence-corrected chi connectivity index (χ2v) is 4.30. The molecule has 4 heteroatoms. The fourth-order valence-corrected chi connectivity index (χ4v) is 2.26. The first-order chi connectivity index (χ1) is 6.19. The highest BCUT2D eigenvalue weighted by molar-refractivity contribution is 14.1. The summed E-state index contributed by atoms with van der Waals surface area (Å²) in [7, 11) is 0. The molecule has 1 heterocycles. The molecule has 0 spiro atoms. The Bertz CT molecular complexity index is 202. The van der Waals surface area contributed by atoms with Crippen LogP contribution in [-0.2, 0) is 4.74 Å². The van der Waals surface area contributed by atoms with Crippen LogP contribution in [0.1, 0.15) is 19.8 Å². The van der Waals surface area contributed by atoms with Crippen LogP contribution >= 0.6 is 22.6 Å². The van der Waals surface area contributed by atoms with Crippen LogP contribution in [0.15, 0.2) is 0 Å². The van der Waals surface area contributed by atoms with Crippen molar-refractivity contribution in [1.29, 1.82) is 5.26 Å². The van der Waals surface area contributed by atoms with Gasteiger partial charge in [-0.25, -0.2) is 0 Å². The molecule has 74 valence electrons. The van der Waals surface area contributed by atoms with Crippen molar-refractivity contribution in [1.82, 2.24) is 0 Å². The molecular formula is C9H14INO2. The molecule has 0 amide bonds. The van der Waals surface area contributed by atoms with E-state index in [1.165, 1.54) is 0 Å². The number of nitriles is 1. The van der Waals surface area contributed by atoms with Crippen molar-refractivity contribution in [2.24, 2.45) is 5.92 Å². The average molecular weight is 295 g/mol. The molecule has 1 N–H and O–H groups in total. The molecule has 1 aliphatic heterocycles. The van der Waals surface area contributed by atoms with Gasteiger partial charge in [0, 0.05) is 4.43 Å². The van der Waals surface area contributed by atoms with Gasteiger partial charge in [0.05, 0.1) is 30.3 Å². The van der Waals surface area contributed by atoms with Gasteiger partial charge in [-0.3, -0.25) is 0 Å². The molecule has 0 bridgehead atoms. The van der Waals surface area contributed by atoms with E-state index in [0.717, 1.165) is 17.3 Å². The maximum Gasteiger partial charge on any atom is 0.0981 e. The summed E-state index contributed by atoms with van der Waals surface area (Å²) < 4.78 is 6.60. The van der Waals surface area contributed by atoms with Crippen LogP contribution in [0.3, 0.4) is 0 Å². The highest BCUT2D eigenvalue weighted by atomic mass is 127. The lowest BCUT2D eigenvalue weighted by atomic mass is 9.96. The Kier molecular flexibility index (Phi) is 4.42. The van der Waals surface area contributed by atoms with E-state index in [4.69, 9.17) is 10.00 Å². The van der Waals surface area contributed by atoms with Gasteiger partial charge in [-0.05, 0) is 19.8 Å². The Labute approximate surface area is 92.2 Å². The Balaban J connectivity index is 2.49. The first-order valence-corrected chi connectivity index (χ1v) is 6.00. The summed E-state index contributed by atoms with van der Waals surface area (Å²) in [5.41, 5.74) is 0. The van der Waals surface area contributed by atoms with Crippen molar-refractivity contribution < 1.29 is 9.84 Å². The molecule has 1 rings (SSSR count). The molecule has 1 aliphatic rings. The topological polar surface area (TPSA) is 53.2 Å². The third kappa shape index (κ3) is 2.79.